The Morgan fingerprint density at radius 1 is 1.48 bits per heavy atom. The predicted molar refractivity (Wildman–Crippen MR) is 91.3 cm³/mol. The molecule has 1 aromatic heterocycles. The summed E-state index contributed by atoms with van der Waals surface area (Å²) in [5, 5.41) is 12.4. The van der Waals surface area contributed by atoms with E-state index in [1.807, 2.05) is 18.2 Å². The first-order chi connectivity index (χ1) is 12.0. The molecule has 3 rings (SSSR count). The number of carbonyl (C=O) groups excluding carboxylic acids is 1. The lowest BCUT2D eigenvalue weighted by Crippen LogP contribution is -2.37. The first-order valence-electron chi connectivity index (χ1n) is 7.75. The molecule has 7 nitrogen and oxygen atoms in total. The summed E-state index contributed by atoms with van der Waals surface area (Å²) in [6, 6.07) is 5.56. The summed E-state index contributed by atoms with van der Waals surface area (Å²) in [7, 11) is 1.59. The molecular formula is C17H18N2O5S. The number of carboxylic acids is 1. The molecule has 0 aliphatic carbocycles. The Morgan fingerprint density at radius 3 is 2.96 bits per heavy atom. The van der Waals surface area contributed by atoms with E-state index < -0.39 is 5.97 Å². The van der Waals surface area contributed by atoms with Crippen molar-refractivity contribution in [2.45, 2.75) is 19.9 Å². The molecule has 2 heterocycles. The van der Waals surface area contributed by atoms with Crippen LogP contribution in [0, 0.1) is 12.8 Å². The topological polar surface area (TPSA) is 97.8 Å². The van der Waals surface area contributed by atoms with E-state index in [0.717, 1.165) is 28.4 Å². The number of aromatic nitrogens is 1. The minimum atomic E-state index is -1.000. The molecule has 0 saturated heterocycles. The number of methoxy groups -OCH3 is 1. The maximum atomic E-state index is 12.4. The molecule has 0 spiro atoms. The molecular weight excluding hydrogens is 344 g/mol. The molecule has 132 valence electrons. The average molecular weight is 362 g/mol. The Morgan fingerprint density at radius 2 is 2.28 bits per heavy atom. The van der Waals surface area contributed by atoms with Gasteiger partial charge in [0.15, 0.2) is 0 Å². The summed E-state index contributed by atoms with van der Waals surface area (Å²) in [4.78, 5) is 27.8. The monoisotopic (exact) mass is 362 g/mol. The number of carbonyl (C=O) groups is 2. The molecule has 25 heavy (non-hydrogen) atoms. The van der Waals surface area contributed by atoms with Gasteiger partial charge in [-0.25, -0.2) is 9.78 Å². The first kappa shape index (κ1) is 17.2. The predicted octanol–water partition coefficient (Wildman–Crippen LogP) is 2.03. The zero-order valence-electron chi connectivity index (χ0n) is 13.9. The molecule has 1 aliphatic heterocycles. The largest absolute Gasteiger partial charge is 0.497 e. The number of hydrogen-bond acceptors (Lipinski definition) is 6. The maximum absolute atomic E-state index is 12.4. The smallest absolute Gasteiger partial charge is 0.347 e. The van der Waals surface area contributed by atoms with E-state index in [2.05, 4.69) is 10.3 Å². The van der Waals surface area contributed by atoms with Crippen molar-refractivity contribution in [1.29, 1.82) is 0 Å². The Labute approximate surface area is 148 Å². The van der Waals surface area contributed by atoms with Crippen molar-refractivity contribution in [3.63, 3.8) is 0 Å². The van der Waals surface area contributed by atoms with E-state index in [4.69, 9.17) is 14.6 Å². The molecule has 1 aromatic carbocycles. The molecule has 0 saturated carbocycles. The van der Waals surface area contributed by atoms with Crippen molar-refractivity contribution in [2.24, 2.45) is 5.92 Å². The fourth-order valence-corrected chi connectivity index (χ4v) is 3.52. The van der Waals surface area contributed by atoms with Crippen molar-refractivity contribution < 1.29 is 24.2 Å². The second kappa shape index (κ2) is 7.10. The van der Waals surface area contributed by atoms with Gasteiger partial charge in [0, 0.05) is 6.07 Å². The molecule has 0 fully saturated rings. The first-order valence-corrected chi connectivity index (χ1v) is 8.56. The number of rotatable bonds is 5. The lowest BCUT2D eigenvalue weighted by Gasteiger charge is -2.24. The van der Waals surface area contributed by atoms with Crippen LogP contribution in [-0.4, -0.2) is 35.7 Å². The zero-order chi connectivity index (χ0) is 18.0. The van der Waals surface area contributed by atoms with Gasteiger partial charge in [-0.2, -0.15) is 0 Å². The molecule has 1 atom stereocenters. The molecule has 0 radical (unpaired) electrons. The van der Waals surface area contributed by atoms with Gasteiger partial charge in [0.05, 0.1) is 25.3 Å². The van der Waals surface area contributed by atoms with Crippen LogP contribution in [0.5, 0.6) is 11.5 Å². The van der Waals surface area contributed by atoms with Gasteiger partial charge in [-0.15, -0.1) is 11.3 Å². The molecule has 2 N–H and O–H groups in total. The number of nitrogens with one attached hydrogen (secondary N) is 1. The number of aromatic carboxylic acids is 1. The molecule has 1 amide bonds. The third kappa shape index (κ3) is 3.74. The van der Waals surface area contributed by atoms with Crippen molar-refractivity contribution in [3.05, 3.63) is 39.3 Å². The Hall–Kier alpha value is -2.61. The van der Waals surface area contributed by atoms with Gasteiger partial charge in [-0.05, 0) is 25.0 Å². The molecule has 1 unspecified atom stereocenters. The van der Waals surface area contributed by atoms with Crippen LogP contribution in [0.3, 0.4) is 0 Å². The zero-order valence-corrected chi connectivity index (χ0v) is 14.7. The minimum Gasteiger partial charge on any atom is -0.497 e. The minimum absolute atomic E-state index is 0.133. The third-order valence-electron chi connectivity index (χ3n) is 4.00. The van der Waals surface area contributed by atoms with Gasteiger partial charge in [0.25, 0.3) is 0 Å². The summed E-state index contributed by atoms with van der Waals surface area (Å²) in [6.07, 6.45) is 0.586. The van der Waals surface area contributed by atoms with Crippen LogP contribution in [0.4, 0.5) is 0 Å². The van der Waals surface area contributed by atoms with E-state index in [0.29, 0.717) is 23.7 Å². The van der Waals surface area contributed by atoms with Gasteiger partial charge in [0.1, 0.15) is 28.0 Å². The summed E-state index contributed by atoms with van der Waals surface area (Å²) in [5.74, 6) is 0.0347. The van der Waals surface area contributed by atoms with Gasteiger partial charge >= 0.3 is 5.97 Å². The summed E-state index contributed by atoms with van der Waals surface area (Å²) in [6.45, 7) is 2.15. The standard InChI is InChI=1S/C17H18N2O5S/c1-9-15(17(21)22)25-14(19-9)7-18-16(20)11-5-10-3-4-12(23-2)6-13(10)24-8-11/h3-4,6,11H,5,7-8H2,1-2H3,(H,18,20)(H,21,22). The van der Waals surface area contributed by atoms with Gasteiger partial charge in [-0.3, -0.25) is 4.79 Å². The fourth-order valence-electron chi connectivity index (χ4n) is 2.68. The normalized spacial score (nSPS) is 15.8. The Balaban J connectivity index is 1.60. The number of thiazole rings is 1. The number of aryl methyl sites for hydroxylation is 1. The fraction of sp³-hybridized carbons (Fsp3) is 0.353. The van der Waals surface area contributed by atoms with Gasteiger partial charge in [0.2, 0.25) is 5.91 Å². The van der Waals surface area contributed by atoms with Crippen molar-refractivity contribution >= 4 is 23.2 Å². The SMILES string of the molecule is COc1ccc2c(c1)OCC(C(=O)NCc1nc(C)c(C(=O)O)s1)C2. The molecule has 2 aromatic rings. The van der Waals surface area contributed by atoms with Crippen molar-refractivity contribution in [2.75, 3.05) is 13.7 Å². The van der Waals surface area contributed by atoms with E-state index in [1.54, 1.807) is 14.0 Å². The number of carboxylic acid groups (broad SMARTS) is 1. The van der Waals surface area contributed by atoms with Crippen LogP contribution in [0.1, 0.15) is 25.9 Å². The molecule has 1 aliphatic rings. The molecule has 8 heteroatoms. The van der Waals surface area contributed by atoms with Crippen LogP contribution >= 0.6 is 11.3 Å². The molecule has 0 bridgehead atoms. The third-order valence-corrected chi connectivity index (χ3v) is 5.15. The second-order valence-corrected chi connectivity index (χ2v) is 6.81. The summed E-state index contributed by atoms with van der Waals surface area (Å²) >= 11 is 1.08. The van der Waals surface area contributed by atoms with Crippen LogP contribution < -0.4 is 14.8 Å². The van der Waals surface area contributed by atoms with Crippen LogP contribution in [0.2, 0.25) is 0 Å². The quantitative estimate of drug-likeness (QED) is 0.845. The number of amides is 1. The van der Waals surface area contributed by atoms with E-state index in [9.17, 15) is 9.59 Å². The number of ether oxygens (including phenoxy) is 2. The van der Waals surface area contributed by atoms with E-state index >= 15 is 0 Å². The number of benzene rings is 1. The second-order valence-electron chi connectivity index (χ2n) is 5.73. The van der Waals surface area contributed by atoms with Crippen LogP contribution in [-0.2, 0) is 17.8 Å². The number of fused-ring (bicyclic) bond motifs is 1. The van der Waals surface area contributed by atoms with Gasteiger partial charge < -0.3 is 19.9 Å². The Kier molecular flexibility index (Phi) is 4.89. The van der Waals surface area contributed by atoms with E-state index in [1.165, 1.54) is 0 Å². The number of hydrogen-bond donors (Lipinski definition) is 2. The highest BCUT2D eigenvalue weighted by Gasteiger charge is 2.26. The highest BCUT2D eigenvalue weighted by atomic mass is 32.1. The average Bonchev–Trinajstić information content (AvgIpc) is 2.99. The summed E-state index contributed by atoms with van der Waals surface area (Å²) in [5.41, 5.74) is 1.43. The summed E-state index contributed by atoms with van der Waals surface area (Å²) < 4.78 is 10.8. The lowest BCUT2D eigenvalue weighted by atomic mass is 9.96. The Bertz CT molecular complexity index is 817. The van der Waals surface area contributed by atoms with Crippen LogP contribution in [0.25, 0.3) is 0 Å². The lowest BCUT2D eigenvalue weighted by molar-refractivity contribution is -0.126. The van der Waals surface area contributed by atoms with Gasteiger partial charge in [-0.1, -0.05) is 6.07 Å². The number of nitrogens with zero attached hydrogens (tertiary/aromatic N) is 1. The van der Waals surface area contributed by atoms with Crippen molar-refractivity contribution in [1.82, 2.24) is 10.3 Å². The highest BCUT2D eigenvalue weighted by molar-refractivity contribution is 7.13. The highest BCUT2D eigenvalue weighted by Crippen LogP contribution is 2.31. The van der Waals surface area contributed by atoms with Crippen LogP contribution in [0.15, 0.2) is 18.2 Å². The van der Waals surface area contributed by atoms with Crippen molar-refractivity contribution in [3.8, 4) is 11.5 Å². The maximum Gasteiger partial charge on any atom is 0.347 e. The van der Waals surface area contributed by atoms with E-state index in [-0.39, 0.29) is 23.2 Å².